The van der Waals surface area contributed by atoms with Gasteiger partial charge in [-0.2, -0.15) is 0 Å². The van der Waals surface area contributed by atoms with E-state index in [-0.39, 0.29) is 12.2 Å². The summed E-state index contributed by atoms with van der Waals surface area (Å²) in [5, 5.41) is 7.62. The molecule has 1 aromatic heterocycles. The van der Waals surface area contributed by atoms with Gasteiger partial charge in [-0.25, -0.2) is 18.3 Å². The molecule has 0 saturated carbocycles. The van der Waals surface area contributed by atoms with Crippen molar-refractivity contribution in [2.75, 3.05) is 7.11 Å². The molecule has 0 aliphatic carbocycles. The molecule has 5 nitrogen and oxygen atoms in total. The van der Waals surface area contributed by atoms with Crippen molar-refractivity contribution in [1.82, 2.24) is 15.0 Å². The number of aromatic nitrogens is 3. The van der Waals surface area contributed by atoms with E-state index in [2.05, 4.69) is 15.0 Å². The fraction of sp³-hybridized carbons (Fsp3) is 0.308. The molecular weight excluding hydrogens is 268 g/mol. The van der Waals surface area contributed by atoms with Crippen LogP contribution in [0.1, 0.15) is 28.7 Å². The van der Waals surface area contributed by atoms with E-state index in [4.69, 9.17) is 0 Å². The Balaban J connectivity index is 2.31. The van der Waals surface area contributed by atoms with E-state index in [1.807, 2.05) is 6.92 Å². The van der Waals surface area contributed by atoms with Gasteiger partial charge in [0.15, 0.2) is 17.3 Å². The molecule has 2 aromatic rings. The van der Waals surface area contributed by atoms with E-state index in [9.17, 15) is 13.6 Å². The Morgan fingerprint density at radius 2 is 2.10 bits per heavy atom. The van der Waals surface area contributed by atoms with Gasteiger partial charge in [-0.15, -0.1) is 5.10 Å². The van der Waals surface area contributed by atoms with Crippen LogP contribution in [0.5, 0.6) is 0 Å². The molecular formula is C13H13F2N3O2. The van der Waals surface area contributed by atoms with Gasteiger partial charge in [-0.1, -0.05) is 18.2 Å². The van der Waals surface area contributed by atoms with Crippen molar-refractivity contribution < 1.29 is 18.3 Å². The minimum absolute atomic E-state index is 0.137. The quantitative estimate of drug-likeness (QED) is 0.804. The van der Waals surface area contributed by atoms with Gasteiger partial charge in [0.1, 0.15) is 0 Å². The van der Waals surface area contributed by atoms with Crippen molar-refractivity contribution in [1.29, 1.82) is 0 Å². The number of carbonyl (C=O) groups excluding carboxylic acids is 1. The molecule has 0 aliphatic rings. The topological polar surface area (TPSA) is 57.0 Å². The molecule has 1 heterocycles. The smallest absolute Gasteiger partial charge is 0.360 e. The lowest BCUT2D eigenvalue weighted by atomic mass is 10.2. The van der Waals surface area contributed by atoms with E-state index in [0.717, 1.165) is 12.1 Å². The summed E-state index contributed by atoms with van der Waals surface area (Å²) in [5.74, 6) is -2.40. The fourth-order valence-electron chi connectivity index (χ4n) is 1.88. The second-order valence-corrected chi connectivity index (χ2v) is 4.14. The lowest BCUT2D eigenvalue weighted by molar-refractivity contribution is 0.0592. The highest BCUT2D eigenvalue weighted by Gasteiger charge is 2.19. The van der Waals surface area contributed by atoms with Crippen molar-refractivity contribution >= 4 is 5.97 Å². The third-order valence-electron chi connectivity index (χ3n) is 2.87. The summed E-state index contributed by atoms with van der Waals surface area (Å²) < 4.78 is 32.1. The highest BCUT2D eigenvalue weighted by molar-refractivity contribution is 5.88. The van der Waals surface area contributed by atoms with Crippen LogP contribution in [0.25, 0.3) is 0 Å². The molecule has 2 rings (SSSR count). The number of methoxy groups -OCH3 is 1. The lowest BCUT2D eigenvalue weighted by Crippen LogP contribution is -2.10. The van der Waals surface area contributed by atoms with Crippen LogP contribution in [0.3, 0.4) is 0 Å². The number of rotatable bonds is 4. The predicted octanol–water partition coefficient (Wildman–Crippen LogP) is 1.95. The maximum atomic E-state index is 13.2. The van der Waals surface area contributed by atoms with Crippen LogP contribution in [0.15, 0.2) is 18.2 Å². The highest BCUT2D eigenvalue weighted by Crippen LogP contribution is 2.13. The van der Waals surface area contributed by atoms with Crippen molar-refractivity contribution in [3.8, 4) is 0 Å². The molecule has 0 spiro atoms. The van der Waals surface area contributed by atoms with Crippen molar-refractivity contribution in [3.05, 3.63) is 46.8 Å². The zero-order chi connectivity index (χ0) is 14.7. The molecule has 0 atom stereocenters. The Bertz CT molecular complexity index is 641. The van der Waals surface area contributed by atoms with E-state index in [1.165, 1.54) is 17.9 Å². The summed E-state index contributed by atoms with van der Waals surface area (Å²) in [6.07, 6.45) is 0.515. The minimum atomic E-state index is -0.922. The number of esters is 1. The number of hydrogen-bond acceptors (Lipinski definition) is 4. The first-order valence-corrected chi connectivity index (χ1v) is 6.01. The van der Waals surface area contributed by atoms with E-state index < -0.39 is 17.6 Å². The summed E-state index contributed by atoms with van der Waals surface area (Å²) >= 11 is 0. The number of benzene rings is 1. The first-order valence-electron chi connectivity index (χ1n) is 6.01. The Morgan fingerprint density at radius 3 is 2.70 bits per heavy atom. The predicted molar refractivity (Wildman–Crippen MR) is 66.2 cm³/mol. The number of ether oxygens (including phenoxy) is 1. The standard InChI is InChI=1S/C13H13F2N3O2/c1-3-11-12(13(19)20-2)16-17-18(11)7-8-4-5-9(14)10(15)6-8/h4-6H,3,7H2,1-2H3. The zero-order valence-corrected chi connectivity index (χ0v) is 11.1. The maximum Gasteiger partial charge on any atom is 0.360 e. The molecule has 0 saturated heterocycles. The molecule has 0 fully saturated rings. The first kappa shape index (κ1) is 14.1. The molecule has 7 heteroatoms. The molecule has 0 unspecified atom stereocenters. The lowest BCUT2D eigenvalue weighted by Gasteiger charge is -2.06. The monoisotopic (exact) mass is 281 g/mol. The molecule has 1 aromatic carbocycles. The van der Waals surface area contributed by atoms with Crippen LogP contribution in [0.4, 0.5) is 8.78 Å². The van der Waals surface area contributed by atoms with Crippen molar-refractivity contribution in [2.24, 2.45) is 0 Å². The first-order chi connectivity index (χ1) is 9.56. The molecule has 0 radical (unpaired) electrons. The molecule has 0 aliphatic heterocycles. The molecule has 0 bridgehead atoms. The Labute approximate surface area is 114 Å². The zero-order valence-electron chi connectivity index (χ0n) is 11.1. The van der Waals surface area contributed by atoms with Crippen molar-refractivity contribution in [3.63, 3.8) is 0 Å². The van der Waals surface area contributed by atoms with Crippen LogP contribution < -0.4 is 0 Å². The highest BCUT2D eigenvalue weighted by atomic mass is 19.2. The second kappa shape index (κ2) is 5.77. The average molecular weight is 281 g/mol. The summed E-state index contributed by atoms with van der Waals surface area (Å²) in [7, 11) is 1.26. The summed E-state index contributed by atoms with van der Waals surface area (Å²) in [6.45, 7) is 2.04. The summed E-state index contributed by atoms with van der Waals surface area (Å²) in [5.41, 5.74) is 1.25. The minimum Gasteiger partial charge on any atom is -0.464 e. The van der Waals surface area contributed by atoms with Gasteiger partial charge in [0.25, 0.3) is 0 Å². The van der Waals surface area contributed by atoms with Crippen LogP contribution in [0, 0.1) is 11.6 Å². The van der Waals surface area contributed by atoms with Gasteiger partial charge in [0.05, 0.1) is 19.3 Å². The third kappa shape index (κ3) is 2.66. The largest absolute Gasteiger partial charge is 0.464 e. The average Bonchev–Trinajstić information content (AvgIpc) is 2.84. The number of halogens is 2. The number of nitrogens with zero attached hydrogens (tertiary/aromatic N) is 3. The van der Waals surface area contributed by atoms with Crippen LogP contribution in [0.2, 0.25) is 0 Å². The Kier molecular flexibility index (Phi) is 4.07. The maximum absolute atomic E-state index is 13.2. The third-order valence-corrected chi connectivity index (χ3v) is 2.87. The van der Waals surface area contributed by atoms with Crippen LogP contribution >= 0.6 is 0 Å². The number of hydrogen-bond donors (Lipinski definition) is 0. The van der Waals surface area contributed by atoms with E-state index in [0.29, 0.717) is 17.7 Å². The van der Waals surface area contributed by atoms with E-state index in [1.54, 1.807) is 0 Å². The molecule has 20 heavy (non-hydrogen) atoms. The van der Waals surface area contributed by atoms with Crippen LogP contribution in [-0.2, 0) is 17.7 Å². The van der Waals surface area contributed by atoms with E-state index >= 15 is 0 Å². The van der Waals surface area contributed by atoms with Gasteiger partial charge in [-0.05, 0) is 24.1 Å². The summed E-state index contributed by atoms with van der Waals surface area (Å²) in [4.78, 5) is 11.5. The number of carbonyl (C=O) groups is 1. The Hall–Kier alpha value is -2.31. The van der Waals surface area contributed by atoms with Gasteiger partial charge in [-0.3, -0.25) is 0 Å². The molecule has 106 valence electrons. The fourth-order valence-corrected chi connectivity index (χ4v) is 1.88. The van der Waals surface area contributed by atoms with Gasteiger partial charge >= 0.3 is 5.97 Å². The normalized spacial score (nSPS) is 10.6. The van der Waals surface area contributed by atoms with Crippen molar-refractivity contribution in [2.45, 2.75) is 19.9 Å². The molecule has 0 N–H and O–H groups in total. The van der Waals surface area contributed by atoms with Crippen LogP contribution in [-0.4, -0.2) is 28.1 Å². The van der Waals surface area contributed by atoms with Gasteiger partial charge < -0.3 is 4.74 Å². The summed E-state index contributed by atoms with van der Waals surface area (Å²) in [6, 6.07) is 3.60. The Morgan fingerprint density at radius 1 is 1.35 bits per heavy atom. The second-order valence-electron chi connectivity index (χ2n) is 4.14. The SMILES string of the molecule is CCc1c(C(=O)OC)nnn1Cc1ccc(F)c(F)c1. The van der Waals surface area contributed by atoms with Gasteiger partial charge in [0, 0.05) is 0 Å². The molecule has 0 amide bonds. The van der Waals surface area contributed by atoms with Gasteiger partial charge in [0.2, 0.25) is 0 Å².